The normalized spacial score (nSPS) is 15.8. The van der Waals surface area contributed by atoms with Crippen LogP contribution in [-0.4, -0.2) is 11.8 Å². The van der Waals surface area contributed by atoms with Gasteiger partial charge < -0.3 is 0 Å². The van der Waals surface area contributed by atoms with E-state index in [4.69, 9.17) is 0 Å². The molecule has 2 amide bonds. The number of hydrogen-bond acceptors (Lipinski definition) is 2. The smallest absolute Gasteiger partial charge is 0.250 e. The molecule has 100 valence electrons. The van der Waals surface area contributed by atoms with Gasteiger partial charge in [-0.1, -0.05) is 43.2 Å². The molecule has 0 atom stereocenters. The molecule has 1 aromatic carbocycles. The Hall–Kier alpha value is -1.90. The molecule has 0 radical (unpaired) electrons. The van der Waals surface area contributed by atoms with Crippen molar-refractivity contribution in [2.75, 3.05) is 0 Å². The number of amides is 2. The second-order valence-electron chi connectivity index (χ2n) is 5.01. The number of hydrogen-bond donors (Lipinski definition) is 1. The van der Waals surface area contributed by atoms with Gasteiger partial charge in [-0.15, -0.1) is 0 Å². The molecule has 0 heterocycles. The molecule has 1 aliphatic rings. The van der Waals surface area contributed by atoms with Gasteiger partial charge in [-0.05, 0) is 30.4 Å². The van der Waals surface area contributed by atoms with Crippen LogP contribution < -0.4 is 5.32 Å². The summed E-state index contributed by atoms with van der Waals surface area (Å²) in [5, 5.41) is 2.41. The summed E-state index contributed by atoms with van der Waals surface area (Å²) in [7, 11) is 0. The van der Waals surface area contributed by atoms with E-state index in [9.17, 15) is 9.59 Å². The molecule has 3 nitrogen and oxygen atoms in total. The van der Waals surface area contributed by atoms with Gasteiger partial charge in [0.2, 0.25) is 5.91 Å². The number of carbonyl (C=O) groups excluding carboxylic acids is 2. The standard InChI is InChI=1S/C16H19NO2/c18-15(11-10-13-6-2-1-3-7-13)17-16(19)12-14-8-4-5-9-14/h1-3,6-7,10-11,14H,4-5,8-9,12H2,(H,17,18,19). The van der Waals surface area contributed by atoms with Crippen molar-refractivity contribution in [3.63, 3.8) is 0 Å². The van der Waals surface area contributed by atoms with Crippen LogP contribution in [0.4, 0.5) is 0 Å². The van der Waals surface area contributed by atoms with Crippen molar-refractivity contribution in [1.82, 2.24) is 5.32 Å². The number of benzene rings is 1. The van der Waals surface area contributed by atoms with Gasteiger partial charge >= 0.3 is 0 Å². The van der Waals surface area contributed by atoms with E-state index in [2.05, 4.69) is 5.32 Å². The molecule has 3 heteroatoms. The number of carbonyl (C=O) groups is 2. The van der Waals surface area contributed by atoms with Crippen molar-refractivity contribution in [3.05, 3.63) is 42.0 Å². The van der Waals surface area contributed by atoms with Gasteiger partial charge in [0, 0.05) is 12.5 Å². The molecule has 1 saturated carbocycles. The summed E-state index contributed by atoms with van der Waals surface area (Å²) in [5.74, 6) is -0.0348. The Bertz CT molecular complexity index is 459. The Kier molecular flexibility index (Phi) is 4.90. The van der Waals surface area contributed by atoms with E-state index in [1.54, 1.807) is 6.08 Å². The number of nitrogens with one attached hydrogen (secondary N) is 1. The summed E-state index contributed by atoms with van der Waals surface area (Å²) < 4.78 is 0. The Morgan fingerprint density at radius 2 is 1.84 bits per heavy atom. The van der Waals surface area contributed by atoms with E-state index in [0.717, 1.165) is 18.4 Å². The van der Waals surface area contributed by atoms with E-state index < -0.39 is 0 Å². The zero-order valence-electron chi connectivity index (χ0n) is 11.0. The molecule has 0 bridgehead atoms. The lowest BCUT2D eigenvalue weighted by molar-refractivity contribution is -0.128. The first kappa shape index (κ1) is 13.5. The SMILES string of the molecule is O=C(C=Cc1ccccc1)NC(=O)CC1CCCC1. The molecule has 0 aromatic heterocycles. The molecule has 1 aliphatic carbocycles. The van der Waals surface area contributed by atoms with E-state index in [0.29, 0.717) is 12.3 Å². The molecule has 0 aliphatic heterocycles. The summed E-state index contributed by atoms with van der Waals surface area (Å²) in [6, 6.07) is 9.54. The van der Waals surface area contributed by atoms with E-state index in [-0.39, 0.29) is 11.8 Å². The second-order valence-corrected chi connectivity index (χ2v) is 5.01. The molecule has 0 saturated heterocycles. The van der Waals surface area contributed by atoms with Gasteiger partial charge in [0.15, 0.2) is 0 Å². The predicted molar refractivity (Wildman–Crippen MR) is 75.2 cm³/mol. The molecule has 0 spiro atoms. The van der Waals surface area contributed by atoms with Crippen molar-refractivity contribution in [2.45, 2.75) is 32.1 Å². The molecular formula is C16H19NO2. The van der Waals surface area contributed by atoms with E-state index in [1.807, 2.05) is 30.3 Å². The minimum Gasteiger partial charge on any atom is -0.293 e. The fourth-order valence-corrected chi connectivity index (χ4v) is 2.44. The molecule has 1 aromatic rings. The lowest BCUT2D eigenvalue weighted by Gasteiger charge is -2.07. The highest BCUT2D eigenvalue weighted by Gasteiger charge is 2.18. The van der Waals surface area contributed by atoms with Crippen molar-refractivity contribution >= 4 is 17.9 Å². The largest absolute Gasteiger partial charge is 0.293 e. The molecular weight excluding hydrogens is 238 g/mol. The molecule has 2 rings (SSSR count). The van der Waals surface area contributed by atoms with Crippen LogP contribution >= 0.6 is 0 Å². The third-order valence-electron chi connectivity index (χ3n) is 3.44. The zero-order chi connectivity index (χ0) is 13.5. The lowest BCUT2D eigenvalue weighted by atomic mass is 10.0. The van der Waals surface area contributed by atoms with Crippen molar-refractivity contribution in [3.8, 4) is 0 Å². The number of rotatable bonds is 4. The average molecular weight is 257 g/mol. The first-order valence-electron chi connectivity index (χ1n) is 6.81. The molecule has 0 unspecified atom stereocenters. The van der Waals surface area contributed by atoms with Gasteiger partial charge in [0.1, 0.15) is 0 Å². The third-order valence-corrected chi connectivity index (χ3v) is 3.44. The maximum atomic E-state index is 11.7. The predicted octanol–water partition coefficient (Wildman–Crippen LogP) is 2.92. The van der Waals surface area contributed by atoms with Gasteiger partial charge in [0.25, 0.3) is 5.91 Å². The monoisotopic (exact) mass is 257 g/mol. The van der Waals surface area contributed by atoms with Crippen LogP contribution in [0, 0.1) is 5.92 Å². The van der Waals surface area contributed by atoms with Crippen molar-refractivity contribution < 1.29 is 9.59 Å². The first-order chi connectivity index (χ1) is 9.24. The zero-order valence-corrected chi connectivity index (χ0v) is 11.0. The maximum absolute atomic E-state index is 11.7. The van der Waals surface area contributed by atoms with Gasteiger partial charge in [-0.2, -0.15) is 0 Å². The van der Waals surface area contributed by atoms with Crippen LogP contribution in [0.15, 0.2) is 36.4 Å². The Labute approximate surface area is 113 Å². The molecule has 19 heavy (non-hydrogen) atoms. The highest BCUT2D eigenvalue weighted by atomic mass is 16.2. The van der Waals surface area contributed by atoms with Crippen molar-refractivity contribution in [2.24, 2.45) is 5.92 Å². The van der Waals surface area contributed by atoms with Crippen LogP contribution in [0.1, 0.15) is 37.7 Å². The van der Waals surface area contributed by atoms with Gasteiger partial charge in [-0.3, -0.25) is 14.9 Å². The Morgan fingerprint density at radius 3 is 2.53 bits per heavy atom. The summed E-state index contributed by atoms with van der Waals surface area (Å²) in [4.78, 5) is 23.2. The van der Waals surface area contributed by atoms with Crippen LogP contribution in [0.25, 0.3) is 6.08 Å². The fourth-order valence-electron chi connectivity index (χ4n) is 2.44. The fraction of sp³-hybridized carbons (Fsp3) is 0.375. The van der Waals surface area contributed by atoms with Gasteiger partial charge in [-0.25, -0.2) is 0 Å². The molecule has 1 fully saturated rings. The Balaban J connectivity index is 1.77. The number of imide groups is 1. The van der Waals surface area contributed by atoms with E-state index in [1.165, 1.54) is 18.9 Å². The minimum absolute atomic E-state index is 0.158. The average Bonchev–Trinajstić information content (AvgIpc) is 2.90. The summed E-state index contributed by atoms with van der Waals surface area (Å²) in [6.07, 6.45) is 8.23. The van der Waals surface area contributed by atoms with Crippen LogP contribution in [0.3, 0.4) is 0 Å². The molecule has 1 N–H and O–H groups in total. The van der Waals surface area contributed by atoms with Crippen LogP contribution in [-0.2, 0) is 9.59 Å². The second kappa shape index (κ2) is 6.88. The van der Waals surface area contributed by atoms with Crippen molar-refractivity contribution in [1.29, 1.82) is 0 Å². The minimum atomic E-state index is -0.341. The maximum Gasteiger partial charge on any atom is 0.250 e. The lowest BCUT2D eigenvalue weighted by Crippen LogP contribution is -2.29. The summed E-state index contributed by atoms with van der Waals surface area (Å²) >= 11 is 0. The van der Waals surface area contributed by atoms with Gasteiger partial charge in [0.05, 0.1) is 0 Å². The summed E-state index contributed by atoms with van der Waals surface area (Å²) in [6.45, 7) is 0. The van der Waals surface area contributed by atoms with Crippen LogP contribution in [0.5, 0.6) is 0 Å². The third kappa shape index (κ3) is 4.70. The highest BCUT2D eigenvalue weighted by molar-refractivity contribution is 6.02. The van der Waals surface area contributed by atoms with E-state index >= 15 is 0 Å². The topological polar surface area (TPSA) is 46.2 Å². The Morgan fingerprint density at radius 1 is 1.16 bits per heavy atom. The highest BCUT2D eigenvalue weighted by Crippen LogP contribution is 2.27. The quantitative estimate of drug-likeness (QED) is 0.843. The van der Waals surface area contributed by atoms with Crippen LogP contribution in [0.2, 0.25) is 0 Å². The first-order valence-corrected chi connectivity index (χ1v) is 6.81. The summed E-state index contributed by atoms with van der Waals surface area (Å²) in [5.41, 5.74) is 0.945.